The average Bonchev–Trinajstić information content (AvgIpc) is 2.76. The third-order valence-corrected chi connectivity index (χ3v) is 2.68. The quantitative estimate of drug-likeness (QED) is 0.809. The lowest BCUT2D eigenvalue weighted by Crippen LogP contribution is -2.31. The highest BCUT2D eigenvalue weighted by Gasteiger charge is 2.18. The van der Waals surface area contributed by atoms with Crippen molar-refractivity contribution in [3.63, 3.8) is 0 Å². The highest BCUT2D eigenvalue weighted by atomic mass is 16.5. The van der Waals surface area contributed by atoms with Gasteiger partial charge in [-0.1, -0.05) is 0 Å². The molecule has 1 aromatic rings. The number of nitrogens with one attached hydrogen (secondary N) is 1. The summed E-state index contributed by atoms with van der Waals surface area (Å²) in [6.45, 7) is 2.28. The van der Waals surface area contributed by atoms with Gasteiger partial charge in [0.1, 0.15) is 12.4 Å². The molecule has 0 aromatic heterocycles. The van der Waals surface area contributed by atoms with Gasteiger partial charge in [-0.25, -0.2) is 9.59 Å². The number of carboxylic acid groups (broad SMARTS) is 1. The Bertz CT molecular complexity index is 444. The monoisotopic (exact) mass is 250 g/mol. The molecule has 1 aliphatic rings. The van der Waals surface area contributed by atoms with Crippen molar-refractivity contribution in [2.24, 2.45) is 0 Å². The van der Waals surface area contributed by atoms with Crippen LogP contribution in [0.3, 0.4) is 0 Å². The van der Waals surface area contributed by atoms with E-state index in [0.29, 0.717) is 32.0 Å². The first kappa shape index (κ1) is 12.2. The lowest BCUT2D eigenvalue weighted by Gasteiger charge is -2.14. The molecule has 2 amide bonds. The summed E-state index contributed by atoms with van der Waals surface area (Å²) in [7, 11) is 0. The number of carbonyl (C=O) groups excluding carboxylic acids is 1. The van der Waals surface area contributed by atoms with Gasteiger partial charge >= 0.3 is 12.0 Å². The van der Waals surface area contributed by atoms with Gasteiger partial charge in [0.2, 0.25) is 0 Å². The number of amides is 2. The van der Waals surface area contributed by atoms with Crippen molar-refractivity contribution in [1.29, 1.82) is 0 Å². The Morgan fingerprint density at radius 3 is 2.67 bits per heavy atom. The first-order valence-corrected chi connectivity index (χ1v) is 5.66. The molecule has 1 fully saturated rings. The van der Waals surface area contributed by atoms with Crippen LogP contribution >= 0.6 is 0 Å². The predicted molar refractivity (Wildman–Crippen MR) is 63.9 cm³/mol. The highest BCUT2D eigenvalue weighted by molar-refractivity contribution is 5.87. The topological polar surface area (TPSA) is 78.9 Å². The van der Waals surface area contributed by atoms with Crippen LogP contribution in [0.2, 0.25) is 0 Å². The normalized spacial score (nSPS) is 14.4. The second-order valence-electron chi connectivity index (χ2n) is 3.90. The summed E-state index contributed by atoms with van der Waals surface area (Å²) < 4.78 is 5.44. The van der Waals surface area contributed by atoms with Crippen molar-refractivity contribution >= 4 is 12.0 Å². The number of hydrogen-bond donors (Lipinski definition) is 2. The van der Waals surface area contributed by atoms with Crippen molar-refractivity contribution in [1.82, 2.24) is 10.2 Å². The Morgan fingerprint density at radius 1 is 1.39 bits per heavy atom. The molecule has 1 aliphatic heterocycles. The number of benzene rings is 1. The number of carbonyl (C=O) groups is 2. The van der Waals surface area contributed by atoms with Gasteiger partial charge in [0.25, 0.3) is 0 Å². The van der Waals surface area contributed by atoms with Crippen LogP contribution in [0.25, 0.3) is 0 Å². The van der Waals surface area contributed by atoms with Gasteiger partial charge in [0, 0.05) is 13.1 Å². The minimum Gasteiger partial charge on any atom is -0.492 e. The standard InChI is InChI=1S/C12H14N2O4/c15-11(16)9-1-3-10(4-2-9)18-8-7-14-6-5-13-12(14)17/h1-4H,5-8H2,(H,13,17)(H,15,16). The minimum atomic E-state index is -0.963. The zero-order chi connectivity index (χ0) is 13.0. The van der Waals surface area contributed by atoms with E-state index in [4.69, 9.17) is 9.84 Å². The Hall–Kier alpha value is -2.24. The minimum absolute atomic E-state index is 0.0696. The van der Waals surface area contributed by atoms with Crippen LogP contribution < -0.4 is 10.1 Å². The second-order valence-corrected chi connectivity index (χ2v) is 3.90. The number of aromatic carboxylic acids is 1. The number of ether oxygens (including phenoxy) is 1. The van der Waals surface area contributed by atoms with Crippen LogP contribution in [0.1, 0.15) is 10.4 Å². The molecule has 0 bridgehead atoms. The SMILES string of the molecule is O=C(O)c1ccc(OCCN2CCNC2=O)cc1. The molecule has 1 aromatic carbocycles. The van der Waals surface area contributed by atoms with Crippen LogP contribution in [-0.4, -0.2) is 48.2 Å². The van der Waals surface area contributed by atoms with Gasteiger partial charge in [0.05, 0.1) is 12.1 Å². The largest absolute Gasteiger partial charge is 0.492 e. The van der Waals surface area contributed by atoms with E-state index in [-0.39, 0.29) is 11.6 Å². The zero-order valence-corrected chi connectivity index (χ0v) is 9.76. The molecular weight excluding hydrogens is 236 g/mol. The molecule has 0 spiro atoms. The van der Waals surface area contributed by atoms with E-state index in [1.165, 1.54) is 12.1 Å². The van der Waals surface area contributed by atoms with Crippen LogP contribution in [0.5, 0.6) is 5.75 Å². The molecule has 2 N–H and O–H groups in total. The maximum Gasteiger partial charge on any atom is 0.335 e. The van der Waals surface area contributed by atoms with Crippen molar-refractivity contribution in [3.8, 4) is 5.75 Å². The summed E-state index contributed by atoms with van der Waals surface area (Å²) in [5.41, 5.74) is 0.223. The molecule has 18 heavy (non-hydrogen) atoms. The Kier molecular flexibility index (Phi) is 3.66. The van der Waals surface area contributed by atoms with Crippen molar-refractivity contribution in [2.75, 3.05) is 26.2 Å². The van der Waals surface area contributed by atoms with Crippen LogP contribution in [0.15, 0.2) is 24.3 Å². The molecule has 0 unspecified atom stereocenters. The molecular formula is C12H14N2O4. The molecule has 0 radical (unpaired) electrons. The van der Waals surface area contributed by atoms with E-state index in [1.807, 2.05) is 0 Å². The van der Waals surface area contributed by atoms with Crippen LogP contribution in [0.4, 0.5) is 4.79 Å². The zero-order valence-electron chi connectivity index (χ0n) is 9.76. The molecule has 0 aliphatic carbocycles. The molecule has 0 saturated carbocycles. The van der Waals surface area contributed by atoms with Gasteiger partial charge < -0.3 is 20.1 Å². The number of rotatable bonds is 5. The molecule has 96 valence electrons. The highest BCUT2D eigenvalue weighted by Crippen LogP contribution is 2.12. The van der Waals surface area contributed by atoms with Crippen LogP contribution in [-0.2, 0) is 0 Å². The lowest BCUT2D eigenvalue weighted by molar-refractivity contribution is 0.0697. The summed E-state index contributed by atoms with van der Waals surface area (Å²) >= 11 is 0. The number of carboxylic acids is 1. The van der Waals surface area contributed by atoms with Gasteiger partial charge in [-0.15, -0.1) is 0 Å². The van der Waals surface area contributed by atoms with E-state index in [9.17, 15) is 9.59 Å². The Morgan fingerprint density at radius 2 is 2.11 bits per heavy atom. The predicted octanol–water partition coefficient (Wildman–Crippen LogP) is 0.789. The average molecular weight is 250 g/mol. The van der Waals surface area contributed by atoms with Gasteiger partial charge in [-0.3, -0.25) is 0 Å². The second kappa shape index (κ2) is 5.39. The fraction of sp³-hybridized carbons (Fsp3) is 0.333. The van der Waals surface area contributed by atoms with Gasteiger partial charge in [-0.05, 0) is 24.3 Å². The van der Waals surface area contributed by atoms with E-state index < -0.39 is 5.97 Å². The summed E-state index contributed by atoms with van der Waals surface area (Å²) in [6.07, 6.45) is 0. The maximum absolute atomic E-state index is 11.2. The van der Waals surface area contributed by atoms with Gasteiger partial charge in [0.15, 0.2) is 0 Å². The smallest absolute Gasteiger partial charge is 0.335 e. The van der Waals surface area contributed by atoms with E-state index in [0.717, 1.165) is 0 Å². The third kappa shape index (κ3) is 2.91. The fourth-order valence-corrected chi connectivity index (χ4v) is 1.69. The van der Waals surface area contributed by atoms with Gasteiger partial charge in [-0.2, -0.15) is 0 Å². The summed E-state index contributed by atoms with van der Waals surface area (Å²) in [5.74, 6) is -0.366. The van der Waals surface area contributed by atoms with Crippen LogP contribution in [0, 0.1) is 0 Å². The lowest BCUT2D eigenvalue weighted by atomic mass is 10.2. The molecule has 0 atom stereocenters. The van der Waals surface area contributed by atoms with Crippen molar-refractivity contribution in [3.05, 3.63) is 29.8 Å². The third-order valence-electron chi connectivity index (χ3n) is 2.68. The number of hydrogen-bond acceptors (Lipinski definition) is 3. The molecule has 1 saturated heterocycles. The number of nitrogens with zero attached hydrogens (tertiary/aromatic N) is 1. The molecule has 6 heteroatoms. The van der Waals surface area contributed by atoms with Crippen molar-refractivity contribution < 1.29 is 19.4 Å². The maximum atomic E-state index is 11.2. The first-order valence-electron chi connectivity index (χ1n) is 5.66. The van der Waals surface area contributed by atoms with E-state index in [1.54, 1.807) is 17.0 Å². The van der Waals surface area contributed by atoms with Crippen molar-refractivity contribution in [2.45, 2.75) is 0 Å². The number of urea groups is 1. The fourth-order valence-electron chi connectivity index (χ4n) is 1.69. The van der Waals surface area contributed by atoms with E-state index >= 15 is 0 Å². The van der Waals surface area contributed by atoms with E-state index in [2.05, 4.69) is 5.32 Å². The first-order chi connectivity index (χ1) is 8.66. The molecule has 6 nitrogen and oxygen atoms in total. The summed E-state index contributed by atoms with van der Waals surface area (Å²) in [5, 5.41) is 11.4. The summed E-state index contributed by atoms with van der Waals surface area (Å²) in [4.78, 5) is 23.5. The Balaban J connectivity index is 1.79. The molecule has 2 rings (SSSR count). The summed E-state index contributed by atoms with van der Waals surface area (Å²) in [6, 6.07) is 6.11. The molecule has 1 heterocycles. The Labute approximate surface area is 104 Å².